The van der Waals surface area contributed by atoms with E-state index in [1.54, 1.807) is 6.07 Å². The zero-order valence-electron chi connectivity index (χ0n) is 11.5. The Morgan fingerprint density at radius 3 is 2.52 bits per heavy atom. The van der Waals surface area contributed by atoms with Crippen LogP contribution in [0, 0.1) is 5.82 Å². The molecule has 0 radical (unpaired) electrons. The molecule has 2 aromatic rings. The molecular weight excluding hydrogens is 337 g/mol. The number of benzene rings is 2. The number of halogens is 2. The minimum atomic E-state index is -0.666. The molecule has 3 nitrogen and oxygen atoms in total. The standard InChI is InChI=1S/C16H15BrFNO2/c1-21-16(20)14-6-5-12(8-15(14)18)10-19-9-11-3-2-4-13(17)7-11/h2-8,19H,9-10H2,1H3. The van der Waals surface area contributed by atoms with Crippen LogP contribution in [-0.4, -0.2) is 13.1 Å². The van der Waals surface area contributed by atoms with Crippen LogP contribution in [0.15, 0.2) is 46.9 Å². The lowest BCUT2D eigenvalue weighted by molar-refractivity contribution is 0.0595. The van der Waals surface area contributed by atoms with E-state index in [0.29, 0.717) is 13.1 Å². The van der Waals surface area contributed by atoms with Crippen LogP contribution in [-0.2, 0) is 17.8 Å². The van der Waals surface area contributed by atoms with Gasteiger partial charge in [0.2, 0.25) is 0 Å². The molecular formula is C16H15BrFNO2. The minimum absolute atomic E-state index is 0.0479. The smallest absolute Gasteiger partial charge is 0.340 e. The number of rotatable bonds is 5. The van der Waals surface area contributed by atoms with Crippen LogP contribution in [0.2, 0.25) is 0 Å². The van der Waals surface area contributed by atoms with Crippen molar-refractivity contribution < 1.29 is 13.9 Å². The predicted molar refractivity (Wildman–Crippen MR) is 82.4 cm³/mol. The molecule has 0 fully saturated rings. The van der Waals surface area contributed by atoms with Crippen LogP contribution < -0.4 is 5.32 Å². The van der Waals surface area contributed by atoms with Gasteiger partial charge < -0.3 is 10.1 Å². The fourth-order valence-corrected chi connectivity index (χ4v) is 2.39. The maximum Gasteiger partial charge on any atom is 0.340 e. The van der Waals surface area contributed by atoms with Gasteiger partial charge in [-0.15, -0.1) is 0 Å². The molecule has 0 saturated heterocycles. The number of esters is 1. The Labute approximate surface area is 131 Å². The normalized spacial score (nSPS) is 10.4. The van der Waals surface area contributed by atoms with E-state index in [1.807, 2.05) is 24.3 Å². The fourth-order valence-electron chi connectivity index (χ4n) is 1.94. The molecule has 0 aromatic heterocycles. The van der Waals surface area contributed by atoms with E-state index in [-0.39, 0.29) is 5.56 Å². The van der Waals surface area contributed by atoms with Crippen molar-refractivity contribution in [3.8, 4) is 0 Å². The Hall–Kier alpha value is -1.72. The topological polar surface area (TPSA) is 38.3 Å². The van der Waals surface area contributed by atoms with Gasteiger partial charge in [-0.1, -0.05) is 34.1 Å². The maximum absolute atomic E-state index is 13.8. The SMILES string of the molecule is COC(=O)c1ccc(CNCc2cccc(Br)c2)cc1F. The molecule has 0 spiro atoms. The second kappa shape index (κ2) is 7.33. The average molecular weight is 352 g/mol. The van der Waals surface area contributed by atoms with Crippen molar-refractivity contribution in [1.29, 1.82) is 0 Å². The molecule has 1 N–H and O–H groups in total. The van der Waals surface area contributed by atoms with E-state index >= 15 is 0 Å². The van der Waals surface area contributed by atoms with Gasteiger partial charge in [-0.2, -0.15) is 0 Å². The van der Waals surface area contributed by atoms with Crippen LogP contribution in [0.25, 0.3) is 0 Å². The number of methoxy groups -OCH3 is 1. The van der Waals surface area contributed by atoms with Gasteiger partial charge in [-0.3, -0.25) is 0 Å². The summed E-state index contributed by atoms with van der Waals surface area (Å²) in [6.07, 6.45) is 0. The first-order valence-corrected chi connectivity index (χ1v) is 7.21. The summed E-state index contributed by atoms with van der Waals surface area (Å²) in [4.78, 5) is 11.3. The van der Waals surface area contributed by atoms with E-state index in [2.05, 4.69) is 26.0 Å². The van der Waals surface area contributed by atoms with Crippen molar-refractivity contribution in [1.82, 2.24) is 5.32 Å². The average Bonchev–Trinajstić information content (AvgIpc) is 2.47. The van der Waals surface area contributed by atoms with E-state index in [9.17, 15) is 9.18 Å². The lowest BCUT2D eigenvalue weighted by atomic mass is 10.1. The third kappa shape index (κ3) is 4.37. The number of hydrogen-bond donors (Lipinski definition) is 1. The highest BCUT2D eigenvalue weighted by Crippen LogP contribution is 2.13. The second-order valence-electron chi connectivity index (χ2n) is 4.54. The number of nitrogens with one attached hydrogen (secondary N) is 1. The number of carbonyl (C=O) groups is 1. The van der Waals surface area contributed by atoms with Gasteiger partial charge in [0.25, 0.3) is 0 Å². The number of hydrogen-bond acceptors (Lipinski definition) is 3. The predicted octanol–water partition coefficient (Wildman–Crippen LogP) is 3.66. The first-order valence-electron chi connectivity index (χ1n) is 6.42. The lowest BCUT2D eigenvalue weighted by Crippen LogP contribution is -2.13. The quantitative estimate of drug-likeness (QED) is 0.835. The summed E-state index contributed by atoms with van der Waals surface area (Å²) in [6.45, 7) is 1.20. The summed E-state index contributed by atoms with van der Waals surface area (Å²) in [5, 5.41) is 3.23. The zero-order valence-corrected chi connectivity index (χ0v) is 13.1. The Kier molecular flexibility index (Phi) is 5.47. The molecule has 2 rings (SSSR count). The molecule has 2 aromatic carbocycles. The highest BCUT2D eigenvalue weighted by Gasteiger charge is 2.11. The molecule has 0 saturated carbocycles. The maximum atomic E-state index is 13.8. The van der Waals surface area contributed by atoms with Crippen LogP contribution in [0.1, 0.15) is 21.5 Å². The summed E-state index contributed by atoms with van der Waals surface area (Å²) < 4.78 is 19.3. The van der Waals surface area contributed by atoms with Gasteiger partial charge in [-0.25, -0.2) is 9.18 Å². The van der Waals surface area contributed by atoms with Gasteiger partial charge in [0.05, 0.1) is 12.7 Å². The van der Waals surface area contributed by atoms with Crippen molar-refractivity contribution in [2.75, 3.05) is 7.11 Å². The lowest BCUT2D eigenvalue weighted by Gasteiger charge is -2.07. The number of ether oxygens (including phenoxy) is 1. The Morgan fingerprint density at radius 2 is 1.90 bits per heavy atom. The molecule has 0 aliphatic heterocycles. The van der Waals surface area contributed by atoms with Crippen molar-refractivity contribution in [3.05, 3.63) is 69.4 Å². The molecule has 0 amide bonds. The van der Waals surface area contributed by atoms with E-state index in [4.69, 9.17) is 0 Å². The van der Waals surface area contributed by atoms with Gasteiger partial charge in [-0.05, 0) is 35.4 Å². The Balaban J connectivity index is 1.95. The summed E-state index contributed by atoms with van der Waals surface area (Å²) >= 11 is 3.42. The van der Waals surface area contributed by atoms with Crippen LogP contribution in [0.3, 0.4) is 0 Å². The van der Waals surface area contributed by atoms with Gasteiger partial charge >= 0.3 is 5.97 Å². The minimum Gasteiger partial charge on any atom is -0.465 e. The zero-order chi connectivity index (χ0) is 15.2. The molecule has 21 heavy (non-hydrogen) atoms. The van der Waals surface area contributed by atoms with Crippen molar-refractivity contribution in [2.45, 2.75) is 13.1 Å². The Morgan fingerprint density at radius 1 is 1.19 bits per heavy atom. The van der Waals surface area contributed by atoms with Gasteiger partial charge in [0, 0.05) is 17.6 Å². The van der Waals surface area contributed by atoms with Crippen LogP contribution >= 0.6 is 15.9 Å². The molecule has 0 heterocycles. The summed E-state index contributed by atoms with van der Waals surface area (Å²) in [7, 11) is 1.23. The molecule has 5 heteroatoms. The highest BCUT2D eigenvalue weighted by atomic mass is 79.9. The fraction of sp³-hybridized carbons (Fsp3) is 0.188. The molecule has 110 valence electrons. The van der Waals surface area contributed by atoms with E-state index in [0.717, 1.165) is 15.6 Å². The largest absolute Gasteiger partial charge is 0.465 e. The summed E-state index contributed by atoms with van der Waals surface area (Å²) in [5.41, 5.74) is 1.86. The molecule has 0 aliphatic rings. The van der Waals surface area contributed by atoms with Crippen LogP contribution in [0.5, 0.6) is 0 Å². The molecule has 0 bridgehead atoms. The first-order chi connectivity index (χ1) is 10.1. The third-order valence-electron chi connectivity index (χ3n) is 2.99. The molecule has 0 aliphatic carbocycles. The molecule has 0 unspecified atom stereocenters. The second-order valence-corrected chi connectivity index (χ2v) is 5.45. The van der Waals surface area contributed by atoms with Crippen LogP contribution in [0.4, 0.5) is 4.39 Å². The van der Waals surface area contributed by atoms with Crippen molar-refractivity contribution in [2.24, 2.45) is 0 Å². The third-order valence-corrected chi connectivity index (χ3v) is 3.48. The van der Waals surface area contributed by atoms with E-state index < -0.39 is 11.8 Å². The Bertz CT molecular complexity index is 646. The molecule has 0 atom stereocenters. The van der Waals surface area contributed by atoms with Crippen molar-refractivity contribution >= 4 is 21.9 Å². The van der Waals surface area contributed by atoms with Crippen molar-refractivity contribution in [3.63, 3.8) is 0 Å². The number of carbonyl (C=O) groups excluding carboxylic acids is 1. The van der Waals surface area contributed by atoms with Gasteiger partial charge in [0.1, 0.15) is 5.82 Å². The van der Waals surface area contributed by atoms with Gasteiger partial charge in [0.15, 0.2) is 0 Å². The monoisotopic (exact) mass is 351 g/mol. The summed E-state index contributed by atoms with van der Waals surface area (Å²) in [5.74, 6) is -1.23. The first kappa shape index (κ1) is 15.7. The highest BCUT2D eigenvalue weighted by molar-refractivity contribution is 9.10. The van der Waals surface area contributed by atoms with E-state index in [1.165, 1.54) is 19.2 Å². The summed E-state index contributed by atoms with van der Waals surface area (Å²) in [6, 6.07) is 12.5.